The highest BCUT2D eigenvalue weighted by atomic mass is 32.1. The number of ether oxygens (including phenoxy) is 1. The van der Waals surface area contributed by atoms with E-state index in [0.717, 1.165) is 11.3 Å². The maximum Gasteiger partial charge on any atom is 0.224 e. The molecule has 0 radical (unpaired) electrons. The summed E-state index contributed by atoms with van der Waals surface area (Å²) in [6.07, 6.45) is 0.435. The van der Waals surface area contributed by atoms with Gasteiger partial charge in [-0.2, -0.15) is 0 Å². The monoisotopic (exact) mass is 266 g/mol. The summed E-state index contributed by atoms with van der Waals surface area (Å²) in [5.41, 5.74) is 7.02. The second kappa shape index (κ2) is 7.08. The molecule has 1 aromatic rings. The van der Waals surface area contributed by atoms with Crippen molar-refractivity contribution in [2.75, 3.05) is 19.0 Å². The highest BCUT2D eigenvalue weighted by Crippen LogP contribution is 2.11. The Morgan fingerprint density at radius 2 is 2.06 bits per heavy atom. The molecule has 3 N–H and O–H groups in total. The summed E-state index contributed by atoms with van der Waals surface area (Å²) in [5.74, 6) is 0.175. The predicted octanol–water partition coefficient (Wildman–Crippen LogP) is 1.93. The summed E-state index contributed by atoms with van der Waals surface area (Å²) < 4.78 is 4.99. The minimum absolute atomic E-state index is 0.0253. The van der Waals surface area contributed by atoms with E-state index in [2.05, 4.69) is 5.32 Å². The zero-order valence-corrected chi connectivity index (χ0v) is 11.4. The average molecular weight is 266 g/mol. The minimum Gasteiger partial charge on any atom is -0.389 e. The minimum atomic E-state index is -0.0253. The Bertz CT molecular complexity index is 418. The fourth-order valence-corrected chi connectivity index (χ4v) is 1.73. The Kier molecular flexibility index (Phi) is 5.74. The molecular formula is C13H18N2O2S. The van der Waals surface area contributed by atoms with Crippen molar-refractivity contribution < 1.29 is 9.53 Å². The fourth-order valence-electron chi connectivity index (χ4n) is 1.59. The zero-order valence-electron chi connectivity index (χ0n) is 10.6. The summed E-state index contributed by atoms with van der Waals surface area (Å²) in [7, 11) is 1.63. The van der Waals surface area contributed by atoms with Crippen LogP contribution in [0.1, 0.15) is 18.9 Å². The van der Waals surface area contributed by atoms with Gasteiger partial charge in [-0.3, -0.25) is 4.79 Å². The maximum atomic E-state index is 11.7. The number of anilines is 1. The Morgan fingerprint density at radius 1 is 1.44 bits per heavy atom. The van der Waals surface area contributed by atoms with Crippen LogP contribution in [-0.2, 0) is 9.53 Å². The maximum absolute atomic E-state index is 11.7. The normalized spacial score (nSPS) is 11.9. The number of methoxy groups -OCH3 is 1. The van der Waals surface area contributed by atoms with Crippen LogP contribution in [0, 0.1) is 5.92 Å². The van der Waals surface area contributed by atoms with E-state index in [-0.39, 0.29) is 11.8 Å². The van der Waals surface area contributed by atoms with Gasteiger partial charge in [0.05, 0.1) is 0 Å². The standard InChI is InChI=1S/C13H18N2O2S/c1-9(8-17-2)7-12(16)15-11-5-3-10(4-6-11)13(14)18/h3-6,9H,7-8H2,1-2H3,(H2,14,18)(H,15,16). The Balaban J connectivity index is 2.51. The first-order valence-electron chi connectivity index (χ1n) is 5.71. The topological polar surface area (TPSA) is 64.3 Å². The molecule has 1 unspecified atom stereocenters. The Morgan fingerprint density at radius 3 is 2.56 bits per heavy atom. The molecule has 18 heavy (non-hydrogen) atoms. The number of amides is 1. The average Bonchev–Trinajstić information content (AvgIpc) is 2.29. The summed E-state index contributed by atoms with van der Waals surface area (Å²) in [6, 6.07) is 7.15. The SMILES string of the molecule is COCC(C)CC(=O)Nc1ccc(C(N)=S)cc1. The largest absolute Gasteiger partial charge is 0.389 e. The van der Waals surface area contributed by atoms with Crippen LogP contribution in [-0.4, -0.2) is 24.6 Å². The number of benzene rings is 1. The third kappa shape index (κ3) is 4.81. The molecule has 0 aliphatic carbocycles. The van der Waals surface area contributed by atoms with Gasteiger partial charge in [0.2, 0.25) is 5.91 Å². The lowest BCUT2D eigenvalue weighted by Gasteiger charge is -2.10. The van der Waals surface area contributed by atoms with Gasteiger partial charge >= 0.3 is 0 Å². The molecule has 0 heterocycles. The van der Waals surface area contributed by atoms with Gasteiger partial charge in [-0.25, -0.2) is 0 Å². The number of thiocarbonyl (C=S) groups is 1. The number of nitrogens with one attached hydrogen (secondary N) is 1. The molecular weight excluding hydrogens is 248 g/mol. The quantitative estimate of drug-likeness (QED) is 0.772. The molecule has 1 amide bonds. The highest BCUT2D eigenvalue weighted by Gasteiger charge is 2.09. The molecule has 4 nitrogen and oxygen atoms in total. The molecule has 5 heteroatoms. The van der Waals surface area contributed by atoms with Crippen LogP contribution in [0.3, 0.4) is 0 Å². The van der Waals surface area contributed by atoms with E-state index in [9.17, 15) is 4.79 Å². The molecule has 1 aromatic carbocycles. The number of hydrogen-bond donors (Lipinski definition) is 2. The van der Waals surface area contributed by atoms with Crippen LogP contribution in [0.5, 0.6) is 0 Å². The summed E-state index contributed by atoms with van der Waals surface area (Å²) in [5, 5.41) is 2.82. The van der Waals surface area contributed by atoms with E-state index in [1.54, 1.807) is 31.4 Å². The summed E-state index contributed by atoms with van der Waals surface area (Å²) in [4.78, 5) is 12.0. The van der Waals surface area contributed by atoms with Crippen LogP contribution in [0.2, 0.25) is 0 Å². The molecule has 1 atom stereocenters. The molecule has 1 rings (SSSR count). The second-order valence-electron chi connectivity index (χ2n) is 4.25. The predicted molar refractivity (Wildman–Crippen MR) is 76.6 cm³/mol. The van der Waals surface area contributed by atoms with E-state index >= 15 is 0 Å². The van der Waals surface area contributed by atoms with Crippen molar-refractivity contribution in [1.82, 2.24) is 0 Å². The fraction of sp³-hybridized carbons (Fsp3) is 0.385. The van der Waals surface area contributed by atoms with Crippen LogP contribution in [0.25, 0.3) is 0 Å². The zero-order chi connectivity index (χ0) is 13.5. The number of carbonyl (C=O) groups is 1. The molecule has 98 valence electrons. The first-order valence-corrected chi connectivity index (χ1v) is 6.12. The van der Waals surface area contributed by atoms with Crippen LogP contribution < -0.4 is 11.1 Å². The molecule has 0 aromatic heterocycles. The summed E-state index contributed by atoms with van der Waals surface area (Å²) >= 11 is 4.86. The van der Waals surface area contributed by atoms with E-state index in [0.29, 0.717) is 18.0 Å². The van der Waals surface area contributed by atoms with Gasteiger partial charge in [0.25, 0.3) is 0 Å². The van der Waals surface area contributed by atoms with Gasteiger partial charge < -0.3 is 15.8 Å². The first kappa shape index (κ1) is 14.6. The number of rotatable bonds is 6. The molecule has 0 aliphatic rings. The lowest BCUT2D eigenvalue weighted by atomic mass is 10.1. The Labute approximate surface area is 113 Å². The number of carbonyl (C=O) groups excluding carboxylic acids is 1. The van der Waals surface area contributed by atoms with Crippen LogP contribution in [0.4, 0.5) is 5.69 Å². The first-order chi connectivity index (χ1) is 8.52. The third-order valence-corrected chi connectivity index (χ3v) is 2.67. The van der Waals surface area contributed by atoms with Crippen molar-refractivity contribution in [3.05, 3.63) is 29.8 Å². The van der Waals surface area contributed by atoms with E-state index < -0.39 is 0 Å². The van der Waals surface area contributed by atoms with Gasteiger partial charge in [0.1, 0.15) is 4.99 Å². The summed E-state index contributed by atoms with van der Waals surface area (Å²) in [6.45, 7) is 2.55. The van der Waals surface area contributed by atoms with Gasteiger partial charge in [-0.05, 0) is 30.2 Å². The third-order valence-electron chi connectivity index (χ3n) is 2.44. The number of hydrogen-bond acceptors (Lipinski definition) is 3. The molecule has 0 bridgehead atoms. The number of nitrogens with two attached hydrogens (primary N) is 1. The lowest BCUT2D eigenvalue weighted by Crippen LogP contribution is -2.17. The van der Waals surface area contributed by atoms with E-state index in [1.165, 1.54) is 0 Å². The van der Waals surface area contributed by atoms with Crippen molar-refractivity contribution in [3.63, 3.8) is 0 Å². The van der Waals surface area contributed by atoms with Crippen molar-refractivity contribution in [3.8, 4) is 0 Å². The van der Waals surface area contributed by atoms with E-state index in [1.807, 2.05) is 6.92 Å². The Hall–Kier alpha value is -1.46. The highest BCUT2D eigenvalue weighted by molar-refractivity contribution is 7.80. The smallest absolute Gasteiger partial charge is 0.224 e. The molecule has 0 aliphatic heterocycles. The van der Waals surface area contributed by atoms with Crippen molar-refractivity contribution in [2.24, 2.45) is 11.7 Å². The molecule has 0 saturated heterocycles. The molecule has 0 saturated carbocycles. The van der Waals surface area contributed by atoms with Crippen molar-refractivity contribution >= 4 is 28.8 Å². The van der Waals surface area contributed by atoms with Gasteiger partial charge in [0.15, 0.2) is 0 Å². The van der Waals surface area contributed by atoms with Crippen molar-refractivity contribution in [1.29, 1.82) is 0 Å². The van der Waals surface area contributed by atoms with Crippen LogP contribution >= 0.6 is 12.2 Å². The van der Waals surface area contributed by atoms with Gasteiger partial charge in [0, 0.05) is 31.4 Å². The van der Waals surface area contributed by atoms with Crippen LogP contribution in [0.15, 0.2) is 24.3 Å². The van der Waals surface area contributed by atoms with Crippen molar-refractivity contribution in [2.45, 2.75) is 13.3 Å². The van der Waals surface area contributed by atoms with E-state index in [4.69, 9.17) is 22.7 Å². The molecule has 0 fully saturated rings. The van der Waals surface area contributed by atoms with Gasteiger partial charge in [-0.1, -0.05) is 19.1 Å². The second-order valence-corrected chi connectivity index (χ2v) is 4.69. The van der Waals surface area contributed by atoms with Gasteiger partial charge in [-0.15, -0.1) is 0 Å². The lowest BCUT2D eigenvalue weighted by molar-refractivity contribution is -0.117. The molecule has 0 spiro atoms.